The monoisotopic (exact) mass is 1070 g/mol. The second-order valence-corrected chi connectivity index (χ2v) is 21.4. The van der Waals surface area contributed by atoms with Crippen LogP contribution >= 0.6 is 0 Å². The largest absolute Gasteiger partial charge is 0.499 e. The second kappa shape index (κ2) is 37.4. The molecule has 20 nitrogen and oxygen atoms in total. The summed E-state index contributed by atoms with van der Waals surface area (Å²) in [5.74, 6) is 0.0733. The molecule has 20 heteroatoms. The van der Waals surface area contributed by atoms with Gasteiger partial charge in [-0.3, -0.25) is 19.3 Å². The van der Waals surface area contributed by atoms with Gasteiger partial charge < -0.3 is 81.5 Å². The van der Waals surface area contributed by atoms with Crippen molar-refractivity contribution in [2.24, 2.45) is 5.92 Å². The topological polar surface area (TPSA) is 359 Å². The predicted octanol–water partition coefficient (Wildman–Crippen LogP) is 1.07. The number of benzene rings is 1. The van der Waals surface area contributed by atoms with Crippen molar-refractivity contribution in [3.05, 3.63) is 59.4 Å². The van der Waals surface area contributed by atoms with E-state index in [4.69, 9.17) is 4.74 Å². The SMILES string of the molecule is COC1=CC(=O)N(C(=O)/C=C(/C)C[C@H](C)CCCCCCC[C@H](O)C[C@@H](O)C[C@@H](O)C[C@@H](O)C[C@@H](O)C[C@@H](O)C[C@@H](O)C[C@@H](O)C[C@@H](O)C[C@@H](O)C[C@@H](O)C[C@@H](O)C[C@@H](O)C[C@H](O)CNC=O)[C@H]1Cc1ccccc1. The van der Waals surface area contributed by atoms with E-state index in [1.54, 1.807) is 6.08 Å². The summed E-state index contributed by atoms with van der Waals surface area (Å²) in [5.41, 5.74) is 1.90. The molecule has 0 bridgehead atoms. The summed E-state index contributed by atoms with van der Waals surface area (Å²) in [6.45, 7) is 3.98. The van der Waals surface area contributed by atoms with Gasteiger partial charge in [-0.2, -0.15) is 0 Å². The van der Waals surface area contributed by atoms with Gasteiger partial charge in [-0.25, -0.2) is 0 Å². The van der Waals surface area contributed by atoms with Gasteiger partial charge in [0.25, 0.3) is 11.8 Å². The zero-order valence-electron chi connectivity index (χ0n) is 44.5. The second-order valence-electron chi connectivity index (χ2n) is 21.4. The molecule has 0 radical (unpaired) electrons. The minimum atomic E-state index is -1.23. The number of unbranched alkanes of at least 4 members (excludes halogenated alkanes) is 4. The first kappa shape index (κ1) is 67.7. The highest BCUT2D eigenvalue weighted by molar-refractivity contribution is 6.08. The average Bonchev–Trinajstić information content (AvgIpc) is 3.61. The number of allylic oxidation sites excluding steroid dienone is 1. The number of nitrogens with zero attached hydrogens (tertiary/aromatic N) is 1. The summed E-state index contributed by atoms with van der Waals surface area (Å²) in [4.78, 5) is 37.7. The molecular weight excluding hydrogens is 977 g/mol. The molecule has 0 fully saturated rings. The van der Waals surface area contributed by atoms with Gasteiger partial charge in [0.05, 0.1) is 92.6 Å². The van der Waals surface area contributed by atoms with Crippen LogP contribution in [0.1, 0.15) is 154 Å². The van der Waals surface area contributed by atoms with Crippen LogP contribution in [0.3, 0.4) is 0 Å². The van der Waals surface area contributed by atoms with Crippen molar-refractivity contribution in [3.63, 3.8) is 0 Å². The molecule has 1 aromatic rings. The minimum Gasteiger partial charge on any atom is -0.499 e. The highest BCUT2D eigenvalue weighted by atomic mass is 16.5. The molecule has 1 aromatic carbocycles. The Morgan fingerprint density at radius 2 is 0.920 bits per heavy atom. The van der Waals surface area contributed by atoms with Gasteiger partial charge in [0, 0.05) is 31.5 Å². The molecule has 432 valence electrons. The average molecular weight is 1070 g/mol. The summed E-state index contributed by atoms with van der Waals surface area (Å²) in [6, 6.07) is 9.16. The maximum absolute atomic E-state index is 13.3. The van der Waals surface area contributed by atoms with Gasteiger partial charge in [0.1, 0.15) is 11.8 Å². The number of aliphatic hydroxyl groups is 14. The van der Waals surface area contributed by atoms with E-state index in [-0.39, 0.29) is 102 Å². The van der Waals surface area contributed by atoms with E-state index >= 15 is 0 Å². The number of hydrogen-bond acceptors (Lipinski definition) is 18. The van der Waals surface area contributed by atoms with Crippen LogP contribution in [0, 0.1) is 5.92 Å². The molecule has 0 saturated carbocycles. The standard InChI is InChI=1S/C55H94N2O18/c1-35(16-36(2)17-54(73)57-52(53(75-3)32-55(57)74)18-37-13-9-7-10-14-37)12-8-5-4-6-11-15-38(59)19-39(60)20-40(61)21-41(62)22-42(63)23-43(64)24-44(65)25-45(66)26-46(67)27-47(68)28-48(69)29-49(70)30-50(71)31-51(72)33-56-34-58/h7,9-10,13-14,17,32,34-35,38-52,59-72H,4-6,8,11-12,15-16,18-31,33H2,1-3H3,(H,56,58)/b36-17-/t35-,38+,39-,40-,41-,42-,43-,44-,45-,46-,47-,48-,49-,50-,51+,52+/m1/s1. The van der Waals surface area contributed by atoms with E-state index in [1.807, 2.05) is 37.3 Å². The summed E-state index contributed by atoms with van der Waals surface area (Å²) in [7, 11) is 1.50. The van der Waals surface area contributed by atoms with Gasteiger partial charge in [-0.05, 0) is 108 Å². The highest BCUT2D eigenvalue weighted by Gasteiger charge is 2.38. The maximum Gasteiger partial charge on any atom is 0.257 e. The van der Waals surface area contributed by atoms with Gasteiger partial charge in [0.15, 0.2) is 0 Å². The van der Waals surface area contributed by atoms with Gasteiger partial charge in [-0.1, -0.05) is 81.4 Å². The van der Waals surface area contributed by atoms with Crippen LogP contribution in [0.15, 0.2) is 53.8 Å². The quantitative estimate of drug-likeness (QED) is 0.0247. The molecule has 1 aliphatic heterocycles. The Labute approximate surface area is 443 Å². The fourth-order valence-electron chi connectivity index (χ4n) is 10.1. The number of ether oxygens (including phenoxy) is 1. The normalized spacial score (nSPS) is 20.4. The number of nitrogens with one attached hydrogen (secondary N) is 1. The third-order valence-corrected chi connectivity index (χ3v) is 13.7. The van der Waals surface area contributed by atoms with Crippen LogP contribution in [0.2, 0.25) is 0 Å². The number of aliphatic hydroxyl groups excluding tert-OH is 14. The third kappa shape index (κ3) is 30.3. The molecule has 0 aliphatic carbocycles. The lowest BCUT2D eigenvalue weighted by atomic mass is 9.94. The van der Waals surface area contributed by atoms with Crippen molar-refractivity contribution in [2.75, 3.05) is 13.7 Å². The van der Waals surface area contributed by atoms with E-state index in [2.05, 4.69) is 12.2 Å². The lowest BCUT2D eigenvalue weighted by molar-refractivity contribution is -0.139. The van der Waals surface area contributed by atoms with Crippen molar-refractivity contribution in [2.45, 2.75) is 247 Å². The van der Waals surface area contributed by atoms with Crippen molar-refractivity contribution in [1.29, 1.82) is 0 Å². The Balaban J connectivity index is 1.56. The number of rotatable bonds is 43. The van der Waals surface area contributed by atoms with Gasteiger partial charge in [0.2, 0.25) is 6.41 Å². The molecule has 75 heavy (non-hydrogen) atoms. The Hall–Kier alpha value is -3.45. The van der Waals surface area contributed by atoms with Crippen molar-refractivity contribution in [1.82, 2.24) is 10.2 Å². The number of amides is 3. The van der Waals surface area contributed by atoms with Crippen LogP contribution < -0.4 is 5.32 Å². The molecule has 0 unspecified atom stereocenters. The molecule has 1 heterocycles. The Bertz CT molecular complexity index is 1780. The Kier molecular flexibility index (Phi) is 33.7. The van der Waals surface area contributed by atoms with Crippen LogP contribution in [0.5, 0.6) is 0 Å². The highest BCUT2D eigenvalue weighted by Crippen LogP contribution is 2.27. The number of carbonyl (C=O) groups is 3. The molecule has 2 rings (SSSR count). The molecular formula is C55H94N2O18. The van der Waals surface area contributed by atoms with Crippen LogP contribution in [-0.2, 0) is 25.5 Å². The number of carbonyl (C=O) groups excluding carboxylic acids is 3. The summed E-state index contributed by atoms with van der Waals surface area (Å²) < 4.78 is 5.45. The Morgan fingerprint density at radius 3 is 1.31 bits per heavy atom. The van der Waals surface area contributed by atoms with E-state index < -0.39 is 91.5 Å². The Morgan fingerprint density at radius 1 is 0.560 bits per heavy atom. The van der Waals surface area contributed by atoms with E-state index in [1.165, 1.54) is 18.1 Å². The lowest BCUT2D eigenvalue weighted by Crippen LogP contribution is -2.41. The van der Waals surface area contributed by atoms with E-state index in [0.29, 0.717) is 30.9 Å². The van der Waals surface area contributed by atoms with Crippen LogP contribution in [-0.4, -0.2) is 200 Å². The molecule has 15 N–H and O–H groups in total. The van der Waals surface area contributed by atoms with Crippen LogP contribution in [0.25, 0.3) is 0 Å². The lowest BCUT2D eigenvalue weighted by Gasteiger charge is -2.24. The van der Waals surface area contributed by atoms with Crippen LogP contribution in [0.4, 0.5) is 0 Å². The molecule has 0 saturated heterocycles. The maximum atomic E-state index is 13.3. The summed E-state index contributed by atoms with van der Waals surface area (Å²) in [5, 5.41) is 147. The van der Waals surface area contributed by atoms with Crippen molar-refractivity contribution < 1.29 is 90.6 Å². The zero-order valence-corrected chi connectivity index (χ0v) is 44.5. The van der Waals surface area contributed by atoms with Gasteiger partial charge in [-0.15, -0.1) is 0 Å². The fraction of sp³-hybridized carbons (Fsp3) is 0.764. The first-order chi connectivity index (χ1) is 35.5. The summed E-state index contributed by atoms with van der Waals surface area (Å²) in [6.07, 6.45) is -7.51. The zero-order chi connectivity index (χ0) is 56.0. The molecule has 1 aliphatic rings. The van der Waals surface area contributed by atoms with Gasteiger partial charge >= 0.3 is 0 Å². The van der Waals surface area contributed by atoms with Crippen molar-refractivity contribution in [3.8, 4) is 0 Å². The minimum absolute atomic E-state index is 0.0549. The smallest absolute Gasteiger partial charge is 0.257 e. The van der Waals surface area contributed by atoms with E-state index in [9.17, 15) is 85.9 Å². The predicted molar refractivity (Wildman–Crippen MR) is 279 cm³/mol. The number of hydrogen-bond donors (Lipinski definition) is 15. The third-order valence-electron chi connectivity index (χ3n) is 13.7. The molecule has 0 spiro atoms. The summed E-state index contributed by atoms with van der Waals surface area (Å²) >= 11 is 0. The number of methoxy groups -OCH3 is 1. The number of imide groups is 1. The fourth-order valence-corrected chi connectivity index (χ4v) is 10.1. The molecule has 0 aromatic heterocycles. The molecule has 16 atom stereocenters. The van der Waals surface area contributed by atoms with Crippen molar-refractivity contribution >= 4 is 18.2 Å². The molecule has 3 amide bonds. The first-order valence-electron chi connectivity index (χ1n) is 27.0. The first-order valence-corrected chi connectivity index (χ1v) is 27.0. The van der Waals surface area contributed by atoms with E-state index in [0.717, 1.165) is 56.1 Å².